The molecule has 0 aliphatic rings. The minimum Gasteiger partial charge on any atom is -0.448 e. The number of oxazole rings is 1. The highest BCUT2D eigenvalue weighted by Crippen LogP contribution is 2.30. The number of rotatable bonds is 11. The Morgan fingerprint density at radius 2 is 1.47 bits per heavy atom. The third-order valence-electron chi connectivity index (χ3n) is 5.64. The molecule has 230 valence electrons. The molecule has 1 heterocycles. The van der Waals surface area contributed by atoms with Crippen LogP contribution in [0, 0.1) is 0 Å². The lowest BCUT2D eigenvalue weighted by atomic mass is 10.0. The molecule has 3 aromatic carbocycles. The number of hydrogen-bond donors (Lipinski definition) is 1. The van der Waals surface area contributed by atoms with Crippen LogP contribution in [0.5, 0.6) is 11.5 Å². The van der Waals surface area contributed by atoms with Gasteiger partial charge >= 0.3 is 29.9 Å². The average Bonchev–Trinajstić information content (AvgIpc) is 3.48. The molecule has 1 aromatic heterocycles. The van der Waals surface area contributed by atoms with Gasteiger partial charge in [-0.15, -0.1) is 11.6 Å². The number of carbonyl (C=O) groups is 5. The van der Waals surface area contributed by atoms with E-state index in [-0.39, 0.29) is 34.7 Å². The second kappa shape index (κ2) is 15.1. The van der Waals surface area contributed by atoms with Gasteiger partial charge in [-0.3, -0.25) is 19.7 Å². The van der Waals surface area contributed by atoms with Gasteiger partial charge in [-0.2, -0.15) is 4.98 Å². The largest absolute Gasteiger partial charge is 0.448 e. The Balaban J connectivity index is 1.68. The van der Waals surface area contributed by atoms with Crippen LogP contribution in [0.4, 0.5) is 6.01 Å². The minimum atomic E-state index is -1.09. The zero-order chi connectivity index (χ0) is 32.3. The molecule has 0 radical (unpaired) electrons. The Hall–Kier alpha value is -5.82. The maximum absolute atomic E-state index is 13.6. The summed E-state index contributed by atoms with van der Waals surface area (Å²) in [6.07, 6.45) is 0.0908. The summed E-state index contributed by atoms with van der Waals surface area (Å²) in [5.41, 5.74) is 0.250. The van der Waals surface area contributed by atoms with Crippen molar-refractivity contribution in [3.8, 4) is 11.5 Å². The van der Waals surface area contributed by atoms with Crippen molar-refractivity contribution in [1.29, 1.82) is 0 Å². The predicted octanol–water partition coefficient (Wildman–Crippen LogP) is 4.60. The van der Waals surface area contributed by atoms with Gasteiger partial charge in [-0.25, -0.2) is 9.59 Å². The summed E-state index contributed by atoms with van der Waals surface area (Å²) in [4.78, 5) is 70.4. The van der Waals surface area contributed by atoms with Gasteiger partial charge < -0.3 is 23.5 Å². The molecule has 14 heteroatoms. The van der Waals surface area contributed by atoms with E-state index in [0.717, 1.165) is 26.2 Å². The van der Waals surface area contributed by atoms with Gasteiger partial charge in [0.1, 0.15) is 17.8 Å². The van der Waals surface area contributed by atoms with Gasteiger partial charge in [0.2, 0.25) is 11.6 Å². The third kappa shape index (κ3) is 8.84. The van der Waals surface area contributed by atoms with E-state index in [9.17, 15) is 24.0 Å². The average molecular weight is 634 g/mol. The molecule has 0 unspecified atom stereocenters. The molecule has 45 heavy (non-hydrogen) atoms. The monoisotopic (exact) mass is 633 g/mol. The number of hydrogen-bond acceptors (Lipinski definition) is 12. The van der Waals surface area contributed by atoms with E-state index >= 15 is 0 Å². The first-order chi connectivity index (χ1) is 21.6. The highest BCUT2D eigenvalue weighted by molar-refractivity contribution is 6.42. The van der Waals surface area contributed by atoms with Crippen molar-refractivity contribution < 1.29 is 47.4 Å². The van der Waals surface area contributed by atoms with E-state index < -0.39 is 41.6 Å². The number of alkyl halides is 1. The zero-order valence-corrected chi connectivity index (χ0v) is 24.5. The van der Waals surface area contributed by atoms with Gasteiger partial charge in [0.25, 0.3) is 0 Å². The van der Waals surface area contributed by atoms with Crippen molar-refractivity contribution in [3.63, 3.8) is 0 Å². The van der Waals surface area contributed by atoms with Gasteiger partial charge in [-0.1, -0.05) is 65.8 Å². The van der Waals surface area contributed by atoms with Crippen molar-refractivity contribution >= 4 is 53.1 Å². The fourth-order valence-electron chi connectivity index (χ4n) is 3.78. The van der Waals surface area contributed by atoms with Crippen LogP contribution < -0.4 is 14.8 Å². The molecule has 0 saturated heterocycles. The van der Waals surface area contributed by atoms with E-state index in [1.165, 1.54) is 12.1 Å². The molecule has 1 N–H and O–H groups in total. The molecular weight excluding hydrogens is 610 g/mol. The smallest absolute Gasteiger partial charge is 0.365 e. The van der Waals surface area contributed by atoms with E-state index in [1.807, 2.05) is 0 Å². The van der Waals surface area contributed by atoms with Crippen LogP contribution in [0.15, 0.2) is 94.7 Å². The number of amides is 1. The van der Waals surface area contributed by atoms with Crippen LogP contribution in [0.1, 0.15) is 47.1 Å². The quantitative estimate of drug-likeness (QED) is 0.0611. The number of anilines is 1. The first kappa shape index (κ1) is 32.1. The van der Waals surface area contributed by atoms with E-state index in [0.29, 0.717) is 11.1 Å². The molecule has 0 atom stereocenters. The molecular formula is C31H24ClN3O10. The van der Waals surface area contributed by atoms with Crippen molar-refractivity contribution in [2.45, 2.75) is 20.0 Å². The molecule has 13 nitrogen and oxygen atoms in total. The van der Waals surface area contributed by atoms with Gasteiger partial charge in [-0.05, 0) is 29.3 Å². The Morgan fingerprint density at radius 1 is 0.867 bits per heavy atom. The number of aromatic nitrogens is 1. The normalized spacial score (nSPS) is 11.0. The van der Waals surface area contributed by atoms with Gasteiger partial charge in [0.15, 0.2) is 17.6 Å². The summed E-state index contributed by atoms with van der Waals surface area (Å²) in [6, 6.07) is 21.0. The summed E-state index contributed by atoms with van der Waals surface area (Å²) in [7, 11) is 0. The molecule has 0 fully saturated rings. The third-order valence-corrected chi connectivity index (χ3v) is 5.89. The summed E-state index contributed by atoms with van der Waals surface area (Å²) >= 11 is 5.52. The van der Waals surface area contributed by atoms with Crippen molar-refractivity contribution in [3.05, 3.63) is 108 Å². The molecule has 4 rings (SSSR count). The Bertz CT molecular complexity index is 1700. The van der Waals surface area contributed by atoms with E-state index in [2.05, 4.69) is 15.5 Å². The first-order valence-electron chi connectivity index (χ1n) is 13.1. The SMILES string of the molecule is CC(=O)Oc1ccc(C(=O)ON=C(C(=O)OC(c2ccccc2)c2ccccc2)c2coc(NC(=O)CCl)n2)cc1OC(C)=O. The summed E-state index contributed by atoms with van der Waals surface area (Å²) in [5.74, 6) is -4.97. The fraction of sp³-hybridized carbons (Fsp3) is 0.129. The molecule has 0 aliphatic carbocycles. The summed E-state index contributed by atoms with van der Waals surface area (Å²) in [6.45, 7) is 2.26. The lowest BCUT2D eigenvalue weighted by Crippen LogP contribution is -2.23. The highest BCUT2D eigenvalue weighted by atomic mass is 35.5. The molecule has 0 bridgehead atoms. The van der Waals surface area contributed by atoms with Crippen molar-refractivity contribution in [2.75, 3.05) is 11.2 Å². The maximum atomic E-state index is 13.6. The Labute approximate surface area is 260 Å². The number of nitrogens with one attached hydrogen (secondary N) is 1. The van der Waals surface area contributed by atoms with Crippen LogP contribution in [0.2, 0.25) is 0 Å². The molecule has 0 saturated carbocycles. The fourth-order valence-corrected chi connectivity index (χ4v) is 3.84. The first-order valence-corrected chi connectivity index (χ1v) is 13.6. The minimum absolute atomic E-state index is 0.121. The maximum Gasteiger partial charge on any atom is 0.365 e. The highest BCUT2D eigenvalue weighted by Gasteiger charge is 2.28. The Kier molecular flexibility index (Phi) is 10.8. The second-order valence-electron chi connectivity index (χ2n) is 8.99. The summed E-state index contributed by atoms with van der Waals surface area (Å²) in [5, 5.41) is 6.01. The molecule has 0 spiro atoms. The lowest BCUT2D eigenvalue weighted by molar-refractivity contribution is -0.139. The topological polar surface area (TPSA) is 173 Å². The van der Waals surface area contributed by atoms with E-state index in [1.54, 1.807) is 60.7 Å². The van der Waals surface area contributed by atoms with Crippen LogP contribution in [-0.2, 0) is 28.8 Å². The van der Waals surface area contributed by atoms with Crippen LogP contribution in [0.3, 0.4) is 0 Å². The number of halogens is 1. The lowest BCUT2D eigenvalue weighted by Gasteiger charge is -2.19. The van der Waals surface area contributed by atoms with Crippen molar-refractivity contribution in [1.82, 2.24) is 4.98 Å². The standard InChI is InChI=1S/C31H24ClN3O10/c1-18(36)42-24-14-13-22(15-25(24)43-19(2)37)29(39)45-35-27(23-17-41-31(33-23)34-26(38)16-32)30(40)44-28(20-9-5-3-6-10-20)21-11-7-4-8-12-21/h3-15,17,28H,16H2,1-2H3,(H,33,34,38). The van der Waals surface area contributed by atoms with Crippen LogP contribution in [-0.4, -0.2) is 46.4 Å². The summed E-state index contributed by atoms with van der Waals surface area (Å²) < 4.78 is 21.1. The number of nitrogens with zero attached hydrogens (tertiary/aromatic N) is 2. The molecule has 4 aromatic rings. The Morgan fingerprint density at radius 3 is 2.04 bits per heavy atom. The van der Waals surface area contributed by atoms with Crippen molar-refractivity contribution in [2.24, 2.45) is 5.16 Å². The molecule has 1 amide bonds. The van der Waals surface area contributed by atoms with Gasteiger partial charge in [0.05, 0.1) is 5.56 Å². The number of oxime groups is 1. The van der Waals surface area contributed by atoms with Crippen LogP contribution >= 0.6 is 11.6 Å². The zero-order valence-electron chi connectivity index (χ0n) is 23.7. The second-order valence-corrected chi connectivity index (χ2v) is 9.26. The number of esters is 3. The van der Waals surface area contributed by atoms with Gasteiger partial charge in [0, 0.05) is 13.8 Å². The van der Waals surface area contributed by atoms with Crippen LogP contribution in [0.25, 0.3) is 0 Å². The number of benzene rings is 3. The number of carbonyl (C=O) groups excluding carboxylic acids is 5. The number of ether oxygens (including phenoxy) is 3. The predicted molar refractivity (Wildman–Crippen MR) is 158 cm³/mol. The molecule has 0 aliphatic heterocycles. The van der Waals surface area contributed by atoms with E-state index in [4.69, 9.17) is 35.1 Å².